The number of nitrogens with zero attached hydrogens (tertiary/aromatic N) is 2. The van der Waals surface area contributed by atoms with E-state index in [1.54, 1.807) is 6.33 Å². The van der Waals surface area contributed by atoms with Crippen molar-refractivity contribution in [2.75, 3.05) is 0 Å². The molecule has 0 unspecified atom stereocenters. The summed E-state index contributed by atoms with van der Waals surface area (Å²) in [5.74, 6) is 0. The number of fused-ring (bicyclic) bond motifs is 5. The molecule has 34 heavy (non-hydrogen) atoms. The smallest absolute Gasteiger partial charge is 0.115 e. The summed E-state index contributed by atoms with van der Waals surface area (Å²) in [7, 11) is 0. The number of rotatable bonds is 2. The second kappa shape index (κ2) is 7.50. The maximum atomic E-state index is 4.30. The third-order valence-corrected chi connectivity index (χ3v) is 6.81. The summed E-state index contributed by atoms with van der Waals surface area (Å²) in [6, 6.07) is 37.3. The molecule has 0 bridgehead atoms. The van der Waals surface area contributed by atoms with Gasteiger partial charge in [-0.1, -0.05) is 97.1 Å². The molecule has 2 heteroatoms. The predicted octanol–water partition coefficient (Wildman–Crippen LogP) is 8.42. The molecule has 1 aromatic heterocycles. The van der Waals surface area contributed by atoms with E-state index in [2.05, 4.69) is 113 Å². The van der Waals surface area contributed by atoms with E-state index in [4.69, 9.17) is 0 Å². The molecule has 158 valence electrons. The van der Waals surface area contributed by atoms with E-state index < -0.39 is 0 Å². The molecule has 7 rings (SSSR count). The van der Waals surface area contributed by atoms with Gasteiger partial charge in [0.1, 0.15) is 6.33 Å². The Kier molecular flexibility index (Phi) is 4.18. The summed E-state index contributed by atoms with van der Waals surface area (Å²) in [5, 5.41) is 10.0. The van der Waals surface area contributed by atoms with Gasteiger partial charge >= 0.3 is 0 Å². The first-order valence-electron chi connectivity index (χ1n) is 11.5. The molecule has 7 aromatic rings. The van der Waals surface area contributed by atoms with Crippen molar-refractivity contribution in [3.63, 3.8) is 0 Å². The largest absolute Gasteiger partial charge is 0.244 e. The molecule has 2 nitrogen and oxygen atoms in total. The van der Waals surface area contributed by atoms with Gasteiger partial charge in [0.25, 0.3) is 0 Å². The van der Waals surface area contributed by atoms with Crippen LogP contribution in [0.15, 0.2) is 122 Å². The van der Waals surface area contributed by atoms with Crippen LogP contribution >= 0.6 is 0 Å². The van der Waals surface area contributed by atoms with Gasteiger partial charge in [-0.25, -0.2) is 9.97 Å². The van der Waals surface area contributed by atoms with E-state index in [1.807, 2.05) is 12.4 Å². The highest BCUT2D eigenvalue weighted by Gasteiger charge is 2.17. The Morgan fingerprint density at radius 1 is 0.382 bits per heavy atom. The van der Waals surface area contributed by atoms with Gasteiger partial charge in [0, 0.05) is 23.5 Å². The Hall–Kier alpha value is -4.56. The van der Waals surface area contributed by atoms with Crippen molar-refractivity contribution in [3.8, 4) is 22.3 Å². The van der Waals surface area contributed by atoms with E-state index in [9.17, 15) is 0 Å². The van der Waals surface area contributed by atoms with Gasteiger partial charge in [-0.3, -0.25) is 0 Å². The third kappa shape index (κ3) is 2.82. The van der Waals surface area contributed by atoms with E-state index >= 15 is 0 Å². The molecule has 0 N–H and O–H groups in total. The van der Waals surface area contributed by atoms with E-state index in [-0.39, 0.29) is 0 Å². The molecule has 0 atom stereocenters. The number of hydrogen-bond acceptors (Lipinski definition) is 2. The van der Waals surface area contributed by atoms with Crippen LogP contribution < -0.4 is 0 Å². The van der Waals surface area contributed by atoms with E-state index in [1.165, 1.54) is 59.8 Å². The summed E-state index contributed by atoms with van der Waals surface area (Å²) >= 11 is 0. The van der Waals surface area contributed by atoms with E-state index in [0.717, 1.165) is 5.56 Å². The first-order valence-corrected chi connectivity index (χ1v) is 11.5. The zero-order chi connectivity index (χ0) is 22.5. The Morgan fingerprint density at radius 2 is 0.882 bits per heavy atom. The maximum Gasteiger partial charge on any atom is 0.115 e. The molecule has 0 fully saturated rings. The molecule has 0 saturated heterocycles. The van der Waals surface area contributed by atoms with Crippen molar-refractivity contribution in [3.05, 3.63) is 122 Å². The molecule has 0 amide bonds. The highest BCUT2D eigenvalue weighted by molar-refractivity contribution is 6.22. The molecule has 0 aliphatic rings. The molecule has 0 aliphatic carbocycles. The third-order valence-electron chi connectivity index (χ3n) is 6.81. The SMILES string of the molecule is c1ccc2c(c1)ccc1cc(-c3c4ccccc4c(-c4cncnc4)c4ccccc34)ccc12. The lowest BCUT2D eigenvalue weighted by Crippen LogP contribution is -1.91. The van der Waals surface area contributed by atoms with E-state index in [0.29, 0.717) is 0 Å². The molecule has 0 saturated carbocycles. The van der Waals surface area contributed by atoms with Crippen molar-refractivity contribution in [2.24, 2.45) is 0 Å². The highest BCUT2D eigenvalue weighted by atomic mass is 14.8. The summed E-state index contributed by atoms with van der Waals surface area (Å²) in [6.07, 6.45) is 5.39. The molecule has 0 radical (unpaired) electrons. The maximum absolute atomic E-state index is 4.30. The Morgan fingerprint density at radius 3 is 1.53 bits per heavy atom. The quantitative estimate of drug-likeness (QED) is 0.202. The Bertz CT molecular complexity index is 1800. The second-order valence-corrected chi connectivity index (χ2v) is 8.69. The zero-order valence-corrected chi connectivity index (χ0v) is 18.4. The fourth-order valence-electron chi connectivity index (χ4n) is 5.35. The minimum Gasteiger partial charge on any atom is -0.244 e. The van der Waals surface area contributed by atoms with Crippen LogP contribution in [0, 0.1) is 0 Å². The van der Waals surface area contributed by atoms with Gasteiger partial charge in [-0.05, 0) is 60.3 Å². The van der Waals surface area contributed by atoms with Crippen LogP contribution in [0.2, 0.25) is 0 Å². The molecule has 0 aliphatic heterocycles. The predicted molar refractivity (Wildman–Crippen MR) is 143 cm³/mol. The molecular formula is C32H20N2. The van der Waals surface area contributed by atoms with Crippen molar-refractivity contribution in [1.29, 1.82) is 0 Å². The first kappa shape index (κ1) is 19.0. The normalized spacial score (nSPS) is 11.5. The van der Waals surface area contributed by atoms with Gasteiger partial charge < -0.3 is 0 Å². The lowest BCUT2D eigenvalue weighted by molar-refractivity contribution is 1.17. The highest BCUT2D eigenvalue weighted by Crippen LogP contribution is 2.43. The minimum absolute atomic E-state index is 1.03. The average Bonchev–Trinajstić information content (AvgIpc) is 2.91. The lowest BCUT2D eigenvalue weighted by Gasteiger charge is -2.17. The van der Waals surface area contributed by atoms with Crippen LogP contribution in [-0.2, 0) is 0 Å². The number of hydrogen-bond donors (Lipinski definition) is 0. The first-order chi connectivity index (χ1) is 16.9. The van der Waals surface area contributed by atoms with Crippen LogP contribution in [-0.4, -0.2) is 9.97 Å². The van der Waals surface area contributed by atoms with Gasteiger partial charge in [0.15, 0.2) is 0 Å². The summed E-state index contributed by atoms with van der Waals surface area (Å²) < 4.78 is 0. The van der Waals surface area contributed by atoms with Crippen molar-refractivity contribution >= 4 is 43.1 Å². The van der Waals surface area contributed by atoms with Gasteiger partial charge in [0.2, 0.25) is 0 Å². The van der Waals surface area contributed by atoms with Crippen molar-refractivity contribution in [1.82, 2.24) is 9.97 Å². The number of aromatic nitrogens is 2. The standard InChI is InChI=1S/C32H20N2/c1-2-8-25-21(7-1)13-14-22-17-23(15-16-26(22)25)31-27-9-3-5-11-29(27)32(24-18-33-20-34-19-24)30-12-6-4-10-28(30)31/h1-20H. The molecular weight excluding hydrogens is 412 g/mol. The fourth-order valence-corrected chi connectivity index (χ4v) is 5.35. The van der Waals surface area contributed by atoms with Gasteiger partial charge in [-0.2, -0.15) is 0 Å². The lowest BCUT2D eigenvalue weighted by atomic mass is 9.86. The molecule has 6 aromatic carbocycles. The van der Waals surface area contributed by atoms with Gasteiger partial charge in [-0.15, -0.1) is 0 Å². The summed E-state index contributed by atoms with van der Waals surface area (Å²) in [6.45, 7) is 0. The summed E-state index contributed by atoms with van der Waals surface area (Å²) in [5.41, 5.74) is 4.71. The van der Waals surface area contributed by atoms with Crippen LogP contribution in [0.1, 0.15) is 0 Å². The molecule has 0 spiro atoms. The molecule has 1 heterocycles. The van der Waals surface area contributed by atoms with Gasteiger partial charge in [0.05, 0.1) is 0 Å². The monoisotopic (exact) mass is 432 g/mol. The fraction of sp³-hybridized carbons (Fsp3) is 0. The summed E-state index contributed by atoms with van der Waals surface area (Å²) in [4.78, 5) is 8.61. The number of benzene rings is 6. The van der Waals surface area contributed by atoms with Crippen LogP contribution in [0.3, 0.4) is 0 Å². The minimum atomic E-state index is 1.03. The topological polar surface area (TPSA) is 25.8 Å². The van der Waals surface area contributed by atoms with Crippen LogP contribution in [0.4, 0.5) is 0 Å². The average molecular weight is 433 g/mol. The zero-order valence-electron chi connectivity index (χ0n) is 18.4. The van der Waals surface area contributed by atoms with Crippen LogP contribution in [0.5, 0.6) is 0 Å². The van der Waals surface area contributed by atoms with Crippen LogP contribution in [0.25, 0.3) is 65.3 Å². The van der Waals surface area contributed by atoms with Crippen molar-refractivity contribution < 1.29 is 0 Å². The van der Waals surface area contributed by atoms with Crippen molar-refractivity contribution in [2.45, 2.75) is 0 Å². The Balaban J connectivity index is 1.60. The second-order valence-electron chi connectivity index (χ2n) is 8.69. The Labute approximate surface area is 197 Å².